The molecule has 1 atom stereocenters. The van der Waals surface area contributed by atoms with Crippen molar-refractivity contribution < 1.29 is 4.84 Å². The van der Waals surface area contributed by atoms with E-state index in [9.17, 15) is 0 Å². The molecule has 0 aliphatic carbocycles. The van der Waals surface area contributed by atoms with Gasteiger partial charge in [0.1, 0.15) is 0 Å². The molecule has 0 saturated heterocycles. The largest absolute Gasteiger partial charge is 0.294 e. The third kappa shape index (κ3) is 1.29. The second kappa shape index (κ2) is 2.09. The van der Waals surface area contributed by atoms with Crippen LogP contribution in [0.4, 0.5) is 0 Å². The second-order valence-electron chi connectivity index (χ2n) is 1.60. The number of hydrogen-bond donors (Lipinski definition) is 1. The maximum atomic E-state index is 4.94. The highest BCUT2D eigenvalue weighted by Gasteiger charge is 1.97. The van der Waals surface area contributed by atoms with E-state index in [1.54, 1.807) is 0 Å². The Morgan fingerprint density at radius 3 is 3.00 bits per heavy atom. The summed E-state index contributed by atoms with van der Waals surface area (Å²) >= 11 is 0. The number of rotatable bonds is 0. The molecule has 0 unspecified atom stereocenters. The Hall–Kier alpha value is -0.340. The van der Waals surface area contributed by atoms with Gasteiger partial charge in [-0.1, -0.05) is 12.2 Å². The lowest BCUT2D eigenvalue weighted by atomic mass is 10.3. The third-order valence-electron chi connectivity index (χ3n) is 0.878. The van der Waals surface area contributed by atoms with Crippen LogP contribution in [0.1, 0.15) is 6.92 Å². The van der Waals surface area contributed by atoms with Crippen LogP contribution in [0, 0.1) is 0 Å². The maximum Gasteiger partial charge on any atom is 0.0943 e. The van der Waals surface area contributed by atoms with Crippen LogP contribution in [0.15, 0.2) is 12.2 Å². The SMILES string of the molecule is C[C@@H]1C=CCNO1. The van der Waals surface area contributed by atoms with Gasteiger partial charge in [-0.05, 0) is 6.92 Å². The summed E-state index contributed by atoms with van der Waals surface area (Å²) in [7, 11) is 0. The molecule has 1 rings (SSSR count). The summed E-state index contributed by atoms with van der Waals surface area (Å²) < 4.78 is 0. The average Bonchev–Trinajstić information content (AvgIpc) is 1.69. The zero-order chi connectivity index (χ0) is 5.11. The van der Waals surface area contributed by atoms with E-state index in [1.165, 1.54) is 0 Å². The van der Waals surface area contributed by atoms with E-state index < -0.39 is 0 Å². The van der Waals surface area contributed by atoms with Crippen LogP contribution < -0.4 is 5.48 Å². The Morgan fingerprint density at radius 1 is 1.86 bits per heavy atom. The van der Waals surface area contributed by atoms with Crippen molar-refractivity contribution >= 4 is 0 Å². The minimum atomic E-state index is 0.244. The normalized spacial score (nSPS) is 30.7. The van der Waals surface area contributed by atoms with Gasteiger partial charge in [-0.2, -0.15) is 5.48 Å². The monoisotopic (exact) mass is 99.1 g/mol. The zero-order valence-corrected chi connectivity index (χ0v) is 4.35. The molecule has 2 nitrogen and oxygen atoms in total. The molecule has 0 bridgehead atoms. The number of hydroxylamine groups is 1. The summed E-state index contributed by atoms with van der Waals surface area (Å²) in [6, 6.07) is 0. The molecule has 1 aliphatic rings. The van der Waals surface area contributed by atoms with Gasteiger partial charge in [0.05, 0.1) is 6.10 Å². The summed E-state index contributed by atoms with van der Waals surface area (Å²) in [6.07, 6.45) is 4.32. The second-order valence-corrected chi connectivity index (χ2v) is 1.60. The lowest BCUT2D eigenvalue weighted by Crippen LogP contribution is -2.24. The van der Waals surface area contributed by atoms with Gasteiger partial charge in [-0.15, -0.1) is 0 Å². The van der Waals surface area contributed by atoms with Crippen LogP contribution in [0.5, 0.6) is 0 Å². The quantitative estimate of drug-likeness (QED) is 0.445. The summed E-state index contributed by atoms with van der Waals surface area (Å²) in [5.74, 6) is 0. The van der Waals surface area contributed by atoms with Gasteiger partial charge in [0.2, 0.25) is 0 Å². The first-order valence-electron chi connectivity index (χ1n) is 2.45. The molecule has 0 spiro atoms. The van der Waals surface area contributed by atoms with Gasteiger partial charge in [-0.3, -0.25) is 4.84 Å². The fraction of sp³-hybridized carbons (Fsp3) is 0.600. The van der Waals surface area contributed by atoms with Crippen molar-refractivity contribution in [2.24, 2.45) is 0 Å². The molecule has 0 amide bonds. The average molecular weight is 99.1 g/mol. The van der Waals surface area contributed by atoms with Crippen molar-refractivity contribution in [3.05, 3.63) is 12.2 Å². The minimum Gasteiger partial charge on any atom is -0.294 e. The maximum absolute atomic E-state index is 4.94. The third-order valence-corrected chi connectivity index (χ3v) is 0.878. The Bertz CT molecular complexity index is 80.1. The lowest BCUT2D eigenvalue weighted by Gasteiger charge is -2.11. The van der Waals surface area contributed by atoms with E-state index in [4.69, 9.17) is 4.84 Å². The van der Waals surface area contributed by atoms with Crippen molar-refractivity contribution in [3.63, 3.8) is 0 Å². The van der Waals surface area contributed by atoms with Crippen LogP contribution >= 0.6 is 0 Å². The number of nitrogens with one attached hydrogen (secondary N) is 1. The Labute approximate surface area is 43.1 Å². The first kappa shape index (κ1) is 4.81. The fourth-order valence-corrected chi connectivity index (χ4v) is 0.527. The molecule has 0 aromatic carbocycles. The number of hydrogen-bond acceptors (Lipinski definition) is 2. The highest BCUT2D eigenvalue weighted by Crippen LogP contribution is 1.92. The van der Waals surface area contributed by atoms with E-state index in [0.29, 0.717) is 0 Å². The van der Waals surface area contributed by atoms with E-state index in [2.05, 4.69) is 5.48 Å². The smallest absolute Gasteiger partial charge is 0.0943 e. The molecule has 0 aromatic rings. The van der Waals surface area contributed by atoms with Gasteiger partial charge in [0.25, 0.3) is 0 Å². The minimum absolute atomic E-state index is 0.244. The van der Waals surface area contributed by atoms with Gasteiger partial charge < -0.3 is 0 Å². The van der Waals surface area contributed by atoms with E-state index in [-0.39, 0.29) is 6.10 Å². The van der Waals surface area contributed by atoms with Crippen molar-refractivity contribution in [1.29, 1.82) is 0 Å². The molecule has 40 valence electrons. The first-order valence-corrected chi connectivity index (χ1v) is 2.45. The Morgan fingerprint density at radius 2 is 2.71 bits per heavy atom. The Kier molecular flexibility index (Phi) is 1.44. The molecule has 0 fully saturated rings. The van der Waals surface area contributed by atoms with E-state index >= 15 is 0 Å². The topological polar surface area (TPSA) is 21.3 Å². The van der Waals surface area contributed by atoms with Crippen molar-refractivity contribution in [3.8, 4) is 0 Å². The van der Waals surface area contributed by atoms with Gasteiger partial charge in [-0.25, -0.2) is 0 Å². The molecular formula is C5H9NO. The molecule has 0 aromatic heterocycles. The Balaban J connectivity index is 2.36. The first-order chi connectivity index (χ1) is 3.39. The lowest BCUT2D eigenvalue weighted by molar-refractivity contribution is 0.00847. The summed E-state index contributed by atoms with van der Waals surface area (Å²) in [5, 5.41) is 0. The highest BCUT2D eigenvalue weighted by atomic mass is 16.7. The van der Waals surface area contributed by atoms with Gasteiger partial charge in [0, 0.05) is 6.54 Å². The predicted octanol–water partition coefficient (Wildman–Crippen LogP) is 0.466. The van der Waals surface area contributed by atoms with E-state index in [0.717, 1.165) is 6.54 Å². The van der Waals surface area contributed by atoms with Crippen LogP contribution in [-0.2, 0) is 4.84 Å². The van der Waals surface area contributed by atoms with Gasteiger partial charge >= 0.3 is 0 Å². The van der Waals surface area contributed by atoms with Crippen molar-refractivity contribution in [1.82, 2.24) is 5.48 Å². The molecule has 0 radical (unpaired) electrons. The van der Waals surface area contributed by atoms with E-state index in [1.807, 2.05) is 19.1 Å². The van der Waals surface area contributed by atoms with Crippen molar-refractivity contribution in [2.75, 3.05) is 6.54 Å². The summed E-state index contributed by atoms with van der Waals surface area (Å²) in [5.41, 5.74) is 2.75. The standard InChI is InChI=1S/C5H9NO/c1-5-3-2-4-6-7-5/h2-3,5-6H,4H2,1H3/t5-/m1/s1. The fourth-order valence-electron chi connectivity index (χ4n) is 0.527. The van der Waals surface area contributed by atoms with Crippen molar-refractivity contribution in [2.45, 2.75) is 13.0 Å². The van der Waals surface area contributed by atoms with Crippen LogP contribution in [-0.4, -0.2) is 12.6 Å². The summed E-state index contributed by atoms with van der Waals surface area (Å²) in [4.78, 5) is 4.94. The molecule has 7 heavy (non-hydrogen) atoms. The molecular weight excluding hydrogens is 90.1 g/mol. The van der Waals surface area contributed by atoms with Gasteiger partial charge in [0.15, 0.2) is 0 Å². The highest BCUT2D eigenvalue weighted by molar-refractivity contribution is 4.90. The molecule has 1 aliphatic heterocycles. The molecule has 1 heterocycles. The predicted molar refractivity (Wildman–Crippen MR) is 27.7 cm³/mol. The van der Waals surface area contributed by atoms with Crippen LogP contribution in [0.25, 0.3) is 0 Å². The molecule has 0 saturated carbocycles. The van der Waals surface area contributed by atoms with Crippen LogP contribution in [0.3, 0.4) is 0 Å². The zero-order valence-electron chi connectivity index (χ0n) is 4.35. The molecule has 2 heteroatoms. The van der Waals surface area contributed by atoms with Crippen LogP contribution in [0.2, 0.25) is 0 Å². The molecule has 1 N–H and O–H groups in total. The summed E-state index contributed by atoms with van der Waals surface area (Å²) in [6.45, 7) is 2.83.